The fourth-order valence-corrected chi connectivity index (χ4v) is 4.52. The summed E-state index contributed by atoms with van der Waals surface area (Å²) in [5, 5.41) is 11.7. The molecule has 2 aromatic carbocycles. The normalized spacial score (nSPS) is 14.8. The van der Waals surface area contributed by atoms with Crippen LogP contribution < -0.4 is 5.32 Å². The van der Waals surface area contributed by atoms with Gasteiger partial charge in [-0.15, -0.1) is 0 Å². The number of hydrogen-bond acceptors (Lipinski definition) is 5. The Labute approximate surface area is 186 Å². The Morgan fingerprint density at radius 2 is 1.72 bits per heavy atom. The van der Waals surface area contributed by atoms with Gasteiger partial charge in [0.15, 0.2) is 0 Å². The van der Waals surface area contributed by atoms with Crippen molar-refractivity contribution >= 4 is 21.8 Å². The highest BCUT2D eigenvalue weighted by Gasteiger charge is 2.28. The number of carbonyl (C=O) groups is 2. The van der Waals surface area contributed by atoms with E-state index >= 15 is 0 Å². The van der Waals surface area contributed by atoms with Gasteiger partial charge in [0.05, 0.1) is 23.1 Å². The largest absolute Gasteiger partial charge is 0.349 e. The molecule has 0 bridgehead atoms. The lowest BCUT2D eigenvalue weighted by Gasteiger charge is -2.33. The van der Waals surface area contributed by atoms with E-state index in [0.717, 1.165) is 4.31 Å². The van der Waals surface area contributed by atoms with Crippen LogP contribution in [-0.2, 0) is 14.8 Å². The maximum Gasteiger partial charge on any atom is 0.251 e. The van der Waals surface area contributed by atoms with Crippen LogP contribution in [0.25, 0.3) is 0 Å². The average molecular weight is 459 g/mol. The van der Waals surface area contributed by atoms with Gasteiger partial charge in [0.2, 0.25) is 15.9 Å². The number of halogens is 1. The Bertz CT molecular complexity index is 1120. The third-order valence-corrected chi connectivity index (χ3v) is 7.16. The number of nitriles is 1. The van der Waals surface area contributed by atoms with Crippen LogP contribution in [0, 0.1) is 17.1 Å². The lowest BCUT2D eigenvalue weighted by atomic mass is 10.0. The van der Waals surface area contributed by atoms with E-state index in [9.17, 15) is 22.4 Å². The predicted molar refractivity (Wildman–Crippen MR) is 114 cm³/mol. The van der Waals surface area contributed by atoms with Crippen LogP contribution in [0.4, 0.5) is 4.39 Å². The van der Waals surface area contributed by atoms with Crippen molar-refractivity contribution in [2.45, 2.75) is 23.8 Å². The molecule has 0 radical (unpaired) electrons. The fourth-order valence-electron chi connectivity index (χ4n) is 3.40. The van der Waals surface area contributed by atoms with Crippen molar-refractivity contribution in [3.8, 4) is 6.07 Å². The fraction of sp³-hybridized carbons (Fsp3) is 0.318. The molecule has 3 rings (SSSR count). The van der Waals surface area contributed by atoms with Gasteiger partial charge < -0.3 is 10.2 Å². The van der Waals surface area contributed by atoms with Crippen LogP contribution in [0.3, 0.4) is 0 Å². The van der Waals surface area contributed by atoms with E-state index in [0.29, 0.717) is 37.1 Å². The summed E-state index contributed by atoms with van der Waals surface area (Å²) >= 11 is 0. The SMILES string of the molecule is CN(CC(=O)N1CCC(NC(=O)c2ccc(F)cc2)CC1)S(=O)(=O)c1ccc(C#N)cc1. The molecule has 0 spiro atoms. The van der Waals surface area contributed by atoms with Crippen molar-refractivity contribution < 1.29 is 22.4 Å². The van der Waals surface area contributed by atoms with E-state index in [1.54, 1.807) is 4.90 Å². The van der Waals surface area contributed by atoms with Crippen molar-refractivity contribution in [1.82, 2.24) is 14.5 Å². The lowest BCUT2D eigenvalue weighted by molar-refractivity contribution is -0.132. The summed E-state index contributed by atoms with van der Waals surface area (Å²) in [6.07, 6.45) is 1.07. The second-order valence-corrected chi connectivity index (χ2v) is 9.58. The monoisotopic (exact) mass is 458 g/mol. The molecule has 32 heavy (non-hydrogen) atoms. The van der Waals surface area contributed by atoms with Gasteiger partial charge in [-0.2, -0.15) is 9.57 Å². The topological polar surface area (TPSA) is 111 Å². The molecule has 1 aliphatic heterocycles. The van der Waals surface area contributed by atoms with E-state index in [4.69, 9.17) is 5.26 Å². The number of hydrogen-bond donors (Lipinski definition) is 1. The molecule has 2 aromatic rings. The second kappa shape index (κ2) is 9.89. The second-order valence-electron chi connectivity index (χ2n) is 7.53. The van der Waals surface area contributed by atoms with Gasteiger partial charge in [-0.05, 0) is 61.4 Å². The molecule has 0 aliphatic carbocycles. The van der Waals surface area contributed by atoms with Crippen molar-refractivity contribution in [2.24, 2.45) is 0 Å². The molecule has 10 heteroatoms. The predicted octanol–water partition coefficient (Wildman–Crippen LogP) is 1.74. The van der Waals surface area contributed by atoms with Crippen molar-refractivity contribution in [2.75, 3.05) is 26.7 Å². The molecular weight excluding hydrogens is 435 g/mol. The highest BCUT2D eigenvalue weighted by atomic mass is 32.2. The first-order chi connectivity index (χ1) is 15.2. The minimum Gasteiger partial charge on any atom is -0.349 e. The van der Waals surface area contributed by atoms with Gasteiger partial charge in [-0.25, -0.2) is 12.8 Å². The Balaban J connectivity index is 1.51. The molecule has 1 saturated heterocycles. The molecule has 0 saturated carbocycles. The van der Waals surface area contributed by atoms with Crippen LogP contribution in [0.15, 0.2) is 53.4 Å². The molecule has 168 valence electrons. The standard InChI is InChI=1S/C22H23FN4O4S/c1-26(32(30,31)20-8-2-16(14-24)3-9-20)15-21(28)27-12-10-19(11-13-27)25-22(29)17-4-6-18(23)7-5-17/h2-9,19H,10-13,15H2,1H3,(H,25,29). The summed E-state index contributed by atoms with van der Waals surface area (Å²) in [4.78, 5) is 26.5. The quantitative estimate of drug-likeness (QED) is 0.709. The molecule has 1 aliphatic rings. The first-order valence-electron chi connectivity index (χ1n) is 10.0. The molecule has 8 nitrogen and oxygen atoms in total. The Kier molecular flexibility index (Phi) is 7.22. The Morgan fingerprint density at radius 3 is 2.28 bits per heavy atom. The summed E-state index contributed by atoms with van der Waals surface area (Å²) < 4.78 is 39.3. The first-order valence-corrected chi connectivity index (χ1v) is 11.5. The van der Waals surface area contributed by atoms with Gasteiger partial charge >= 0.3 is 0 Å². The number of rotatable bonds is 6. The summed E-state index contributed by atoms with van der Waals surface area (Å²) in [5.41, 5.74) is 0.705. The van der Waals surface area contributed by atoms with Gasteiger partial charge in [-0.3, -0.25) is 9.59 Å². The van der Waals surface area contributed by atoms with Gasteiger partial charge in [0.1, 0.15) is 5.82 Å². The number of carbonyl (C=O) groups excluding carboxylic acids is 2. The summed E-state index contributed by atoms with van der Waals surface area (Å²) in [6, 6.07) is 12.6. The number of likely N-dealkylation sites (N-methyl/N-ethyl adjacent to an activating group) is 1. The van der Waals surface area contributed by atoms with Gasteiger partial charge in [-0.1, -0.05) is 0 Å². The molecular formula is C22H23FN4O4S. The number of piperidine rings is 1. The first kappa shape index (κ1) is 23.4. The molecule has 0 atom stereocenters. The van der Waals surface area contributed by atoms with E-state index < -0.39 is 15.8 Å². The number of sulfonamides is 1. The highest BCUT2D eigenvalue weighted by molar-refractivity contribution is 7.89. The molecule has 1 fully saturated rings. The molecule has 0 aromatic heterocycles. The lowest BCUT2D eigenvalue weighted by Crippen LogP contribution is -2.49. The third-order valence-electron chi connectivity index (χ3n) is 5.34. The molecule has 1 N–H and O–H groups in total. The van der Waals surface area contributed by atoms with E-state index in [2.05, 4.69) is 5.32 Å². The van der Waals surface area contributed by atoms with Crippen LogP contribution in [0.2, 0.25) is 0 Å². The van der Waals surface area contributed by atoms with Crippen molar-refractivity contribution in [3.05, 3.63) is 65.5 Å². The number of nitrogens with zero attached hydrogens (tertiary/aromatic N) is 3. The maximum absolute atomic E-state index is 13.0. The minimum absolute atomic E-state index is 0.00835. The van der Waals surface area contributed by atoms with Gasteiger partial charge in [0, 0.05) is 31.7 Å². The highest BCUT2D eigenvalue weighted by Crippen LogP contribution is 2.17. The van der Waals surface area contributed by atoms with E-state index in [1.165, 1.54) is 55.6 Å². The molecule has 2 amide bonds. The molecule has 1 heterocycles. The zero-order valence-electron chi connectivity index (χ0n) is 17.5. The Hall–Kier alpha value is -3.29. The Morgan fingerprint density at radius 1 is 1.12 bits per heavy atom. The number of nitrogens with one attached hydrogen (secondary N) is 1. The number of likely N-dealkylation sites (tertiary alicyclic amines) is 1. The van der Waals surface area contributed by atoms with E-state index in [1.807, 2.05) is 6.07 Å². The zero-order chi connectivity index (χ0) is 23.3. The maximum atomic E-state index is 13.0. The van der Waals surface area contributed by atoms with Crippen LogP contribution in [-0.4, -0.2) is 62.2 Å². The zero-order valence-corrected chi connectivity index (χ0v) is 18.3. The third kappa shape index (κ3) is 5.49. The van der Waals surface area contributed by atoms with Gasteiger partial charge in [0.25, 0.3) is 5.91 Å². The van der Waals surface area contributed by atoms with Crippen LogP contribution in [0.1, 0.15) is 28.8 Å². The van der Waals surface area contributed by atoms with Crippen molar-refractivity contribution in [3.63, 3.8) is 0 Å². The number of benzene rings is 2. The number of amides is 2. The summed E-state index contributed by atoms with van der Waals surface area (Å²) in [5.74, 6) is -1.05. The van der Waals surface area contributed by atoms with Crippen LogP contribution >= 0.6 is 0 Å². The summed E-state index contributed by atoms with van der Waals surface area (Å²) in [7, 11) is -2.53. The smallest absolute Gasteiger partial charge is 0.251 e. The van der Waals surface area contributed by atoms with Crippen LogP contribution in [0.5, 0.6) is 0 Å². The van der Waals surface area contributed by atoms with Crippen molar-refractivity contribution in [1.29, 1.82) is 5.26 Å². The van der Waals surface area contributed by atoms with E-state index in [-0.39, 0.29) is 29.3 Å². The molecule has 0 unspecified atom stereocenters. The minimum atomic E-state index is -3.87. The average Bonchev–Trinajstić information content (AvgIpc) is 2.79. The summed E-state index contributed by atoms with van der Waals surface area (Å²) in [6.45, 7) is 0.463.